The molecule has 2 rings (SSSR count). The van der Waals surface area contributed by atoms with Gasteiger partial charge in [0.25, 0.3) is 0 Å². The maximum Gasteiger partial charge on any atom is 0.225 e. The lowest BCUT2D eigenvalue weighted by molar-refractivity contribution is -0.131. The highest BCUT2D eigenvalue weighted by atomic mass is 16.5. The smallest absolute Gasteiger partial charge is 0.225 e. The molecule has 2 heterocycles. The quantitative estimate of drug-likeness (QED) is 0.270. The maximum atomic E-state index is 12.6. The third kappa shape index (κ3) is 9.48. The Labute approximate surface area is 186 Å². The number of nitrogens with one attached hydrogen (secondary N) is 2. The predicted octanol–water partition coefficient (Wildman–Crippen LogP) is 0.0387. The number of piperazine rings is 1. The van der Waals surface area contributed by atoms with Crippen LogP contribution in [0.5, 0.6) is 0 Å². The van der Waals surface area contributed by atoms with Crippen molar-refractivity contribution in [1.82, 2.24) is 30.4 Å². The summed E-state index contributed by atoms with van der Waals surface area (Å²) >= 11 is 0. The van der Waals surface area contributed by atoms with E-state index in [4.69, 9.17) is 4.74 Å². The maximum absolute atomic E-state index is 12.6. The topological polar surface area (TPSA) is 98.2 Å². The van der Waals surface area contributed by atoms with Crippen LogP contribution in [0.2, 0.25) is 0 Å². The van der Waals surface area contributed by atoms with Gasteiger partial charge in [-0.15, -0.1) is 0 Å². The van der Waals surface area contributed by atoms with Crippen molar-refractivity contribution in [3.05, 3.63) is 18.5 Å². The number of carbonyl (C=O) groups is 1. The Balaban J connectivity index is 1.66. The second-order valence-electron chi connectivity index (χ2n) is 7.50. The number of methoxy groups -OCH3 is 1. The van der Waals surface area contributed by atoms with E-state index in [2.05, 4.69) is 42.4 Å². The van der Waals surface area contributed by atoms with Gasteiger partial charge in [-0.2, -0.15) is 0 Å². The van der Waals surface area contributed by atoms with Gasteiger partial charge in [-0.05, 0) is 26.5 Å². The molecule has 0 aliphatic carbocycles. The summed E-state index contributed by atoms with van der Waals surface area (Å²) < 4.78 is 5.09. The number of guanidine groups is 1. The van der Waals surface area contributed by atoms with Crippen molar-refractivity contribution in [2.24, 2.45) is 4.99 Å². The van der Waals surface area contributed by atoms with Crippen LogP contribution < -0.4 is 15.5 Å². The molecule has 0 spiro atoms. The van der Waals surface area contributed by atoms with Crippen LogP contribution in [0.1, 0.15) is 19.8 Å². The fraction of sp³-hybridized carbons (Fsp3) is 0.714. The minimum absolute atomic E-state index is 0.162. The lowest BCUT2D eigenvalue weighted by Gasteiger charge is -2.34. The fourth-order valence-corrected chi connectivity index (χ4v) is 3.32. The molecule has 1 amide bonds. The van der Waals surface area contributed by atoms with Crippen molar-refractivity contribution in [2.75, 3.05) is 84.6 Å². The number of rotatable bonds is 12. The fourth-order valence-electron chi connectivity index (χ4n) is 3.32. The van der Waals surface area contributed by atoms with Gasteiger partial charge in [-0.25, -0.2) is 9.97 Å². The Kier molecular flexibility index (Phi) is 11.6. The van der Waals surface area contributed by atoms with Gasteiger partial charge in [0.2, 0.25) is 11.9 Å². The molecule has 0 bridgehead atoms. The number of carbonyl (C=O) groups excluding carboxylic acids is 1. The van der Waals surface area contributed by atoms with Gasteiger partial charge >= 0.3 is 0 Å². The van der Waals surface area contributed by atoms with Gasteiger partial charge in [0.1, 0.15) is 0 Å². The normalized spacial score (nSPS) is 14.8. The molecule has 1 aliphatic heterocycles. The monoisotopic (exact) mass is 434 g/mol. The Morgan fingerprint density at radius 3 is 2.61 bits per heavy atom. The first-order chi connectivity index (χ1) is 15.1. The van der Waals surface area contributed by atoms with E-state index >= 15 is 0 Å². The van der Waals surface area contributed by atoms with Crippen molar-refractivity contribution in [2.45, 2.75) is 19.8 Å². The minimum Gasteiger partial charge on any atom is -0.385 e. The molecule has 10 heteroatoms. The van der Waals surface area contributed by atoms with Crippen molar-refractivity contribution in [3.63, 3.8) is 0 Å². The van der Waals surface area contributed by atoms with Crippen LogP contribution in [0.25, 0.3) is 0 Å². The summed E-state index contributed by atoms with van der Waals surface area (Å²) in [5.41, 5.74) is 0. The van der Waals surface area contributed by atoms with E-state index in [1.807, 2.05) is 17.9 Å². The number of ether oxygens (including phenoxy) is 1. The molecule has 174 valence electrons. The van der Waals surface area contributed by atoms with Crippen LogP contribution in [-0.2, 0) is 9.53 Å². The molecule has 1 aromatic heterocycles. The van der Waals surface area contributed by atoms with Gasteiger partial charge in [-0.3, -0.25) is 9.79 Å². The minimum atomic E-state index is 0.162. The SMILES string of the molecule is CCNC(=NCCN(C)CCCOC)NCCC(=O)N1CCN(c2ncccn2)CC1. The van der Waals surface area contributed by atoms with Gasteiger partial charge in [-0.1, -0.05) is 0 Å². The van der Waals surface area contributed by atoms with Crippen LogP contribution in [0.15, 0.2) is 23.5 Å². The Hall–Kier alpha value is -2.46. The predicted molar refractivity (Wildman–Crippen MR) is 123 cm³/mol. The Morgan fingerprint density at radius 1 is 1.19 bits per heavy atom. The Bertz CT molecular complexity index is 650. The molecule has 1 fully saturated rings. The van der Waals surface area contributed by atoms with E-state index in [0.717, 1.165) is 57.7 Å². The molecular formula is C21H38N8O2. The number of hydrogen-bond donors (Lipinski definition) is 2. The molecule has 0 radical (unpaired) electrons. The van der Waals surface area contributed by atoms with E-state index in [-0.39, 0.29) is 5.91 Å². The highest BCUT2D eigenvalue weighted by Gasteiger charge is 2.22. The lowest BCUT2D eigenvalue weighted by atomic mass is 10.3. The number of hydrogen-bond acceptors (Lipinski definition) is 7. The molecule has 10 nitrogen and oxygen atoms in total. The largest absolute Gasteiger partial charge is 0.385 e. The highest BCUT2D eigenvalue weighted by molar-refractivity contribution is 5.81. The van der Waals surface area contributed by atoms with Crippen molar-refractivity contribution >= 4 is 17.8 Å². The van der Waals surface area contributed by atoms with Gasteiger partial charge in [0.15, 0.2) is 5.96 Å². The number of amides is 1. The zero-order valence-corrected chi connectivity index (χ0v) is 19.2. The number of likely N-dealkylation sites (N-methyl/N-ethyl adjacent to an activating group) is 1. The first-order valence-electron chi connectivity index (χ1n) is 11.1. The zero-order chi connectivity index (χ0) is 22.3. The molecule has 0 unspecified atom stereocenters. The average molecular weight is 435 g/mol. The average Bonchev–Trinajstić information content (AvgIpc) is 2.80. The van der Waals surface area contributed by atoms with Crippen molar-refractivity contribution < 1.29 is 9.53 Å². The summed E-state index contributed by atoms with van der Waals surface area (Å²) in [5.74, 6) is 1.65. The summed E-state index contributed by atoms with van der Waals surface area (Å²) in [7, 11) is 3.82. The van der Waals surface area contributed by atoms with E-state index in [0.29, 0.717) is 32.6 Å². The summed E-state index contributed by atoms with van der Waals surface area (Å²) in [4.78, 5) is 32.0. The molecule has 1 aliphatic rings. The first kappa shape index (κ1) is 24.8. The molecular weight excluding hydrogens is 396 g/mol. The standard InChI is InChI=1S/C21H38N8O2/c1-4-22-20(24-11-13-27(2)12-6-18-31-3)23-10-7-19(30)28-14-16-29(17-15-28)21-25-8-5-9-26-21/h5,8-9H,4,6-7,10-18H2,1-3H3,(H2,22,23,24). The van der Waals surface area contributed by atoms with Crippen LogP contribution in [0.4, 0.5) is 5.95 Å². The lowest BCUT2D eigenvalue weighted by Crippen LogP contribution is -2.50. The number of aromatic nitrogens is 2. The molecule has 1 saturated heterocycles. The van der Waals surface area contributed by atoms with E-state index in [1.54, 1.807) is 19.5 Å². The third-order valence-electron chi connectivity index (χ3n) is 5.08. The summed E-state index contributed by atoms with van der Waals surface area (Å²) in [6.45, 7) is 9.65. The van der Waals surface area contributed by atoms with E-state index < -0.39 is 0 Å². The number of anilines is 1. The van der Waals surface area contributed by atoms with Crippen LogP contribution in [-0.4, -0.2) is 111 Å². The molecule has 2 N–H and O–H groups in total. The van der Waals surface area contributed by atoms with E-state index in [9.17, 15) is 4.79 Å². The summed E-state index contributed by atoms with van der Waals surface area (Å²) in [6.07, 6.45) is 4.95. The highest BCUT2D eigenvalue weighted by Crippen LogP contribution is 2.10. The van der Waals surface area contributed by atoms with E-state index in [1.165, 1.54) is 0 Å². The second kappa shape index (κ2) is 14.5. The molecule has 0 atom stereocenters. The van der Waals surface area contributed by atoms with Gasteiger partial charge in [0, 0.05) is 84.9 Å². The Morgan fingerprint density at radius 2 is 1.94 bits per heavy atom. The summed E-state index contributed by atoms with van der Waals surface area (Å²) in [5, 5.41) is 6.51. The summed E-state index contributed by atoms with van der Waals surface area (Å²) in [6, 6.07) is 1.81. The van der Waals surface area contributed by atoms with Crippen LogP contribution >= 0.6 is 0 Å². The van der Waals surface area contributed by atoms with Crippen LogP contribution in [0.3, 0.4) is 0 Å². The van der Waals surface area contributed by atoms with Crippen molar-refractivity contribution in [1.29, 1.82) is 0 Å². The van der Waals surface area contributed by atoms with Crippen molar-refractivity contribution in [3.8, 4) is 0 Å². The molecule has 1 aromatic rings. The third-order valence-corrected chi connectivity index (χ3v) is 5.08. The van der Waals surface area contributed by atoms with Gasteiger partial charge < -0.3 is 30.1 Å². The molecule has 0 saturated carbocycles. The zero-order valence-electron chi connectivity index (χ0n) is 19.2. The number of nitrogens with zero attached hydrogens (tertiary/aromatic N) is 6. The first-order valence-corrected chi connectivity index (χ1v) is 11.1. The molecule has 31 heavy (non-hydrogen) atoms. The number of aliphatic imine (C=N–C) groups is 1. The van der Waals surface area contributed by atoms with Crippen LogP contribution in [0, 0.1) is 0 Å². The second-order valence-corrected chi connectivity index (χ2v) is 7.50. The van der Waals surface area contributed by atoms with Gasteiger partial charge in [0.05, 0.1) is 6.54 Å². The molecule has 0 aromatic carbocycles.